The first-order valence-corrected chi connectivity index (χ1v) is 9.93. The van der Waals surface area contributed by atoms with Crippen LogP contribution in [0.1, 0.15) is 28.0 Å². The molecule has 0 radical (unpaired) electrons. The van der Waals surface area contributed by atoms with E-state index in [0.717, 1.165) is 5.56 Å². The highest BCUT2D eigenvalue weighted by atomic mass is 19.1. The number of nitriles is 1. The van der Waals surface area contributed by atoms with Gasteiger partial charge in [-0.2, -0.15) is 5.26 Å². The van der Waals surface area contributed by atoms with Crippen LogP contribution in [0, 0.1) is 17.1 Å². The SMILES string of the molecule is Cn1cc(C#N)cc1C(=O)N1CCOCC1CCNC(=O)Cc1ccc(F)cc1.O=CO. The molecule has 1 aliphatic heterocycles. The number of morpholine rings is 1. The molecule has 32 heavy (non-hydrogen) atoms. The van der Waals surface area contributed by atoms with E-state index in [2.05, 4.69) is 5.32 Å². The van der Waals surface area contributed by atoms with Crippen LogP contribution in [0.4, 0.5) is 4.39 Å². The van der Waals surface area contributed by atoms with Crippen molar-refractivity contribution >= 4 is 18.3 Å². The van der Waals surface area contributed by atoms with Crippen LogP contribution in [0.2, 0.25) is 0 Å². The number of carbonyl (C=O) groups excluding carboxylic acids is 2. The van der Waals surface area contributed by atoms with E-state index in [0.29, 0.717) is 44.0 Å². The maximum Gasteiger partial charge on any atom is 0.290 e. The number of hydrogen-bond donors (Lipinski definition) is 2. The van der Waals surface area contributed by atoms with Crippen molar-refractivity contribution in [3.05, 3.63) is 59.2 Å². The molecular formula is C22H25FN4O5. The number of carboxylic acid groups (broad SMARTS) is 1. The summed E-state index contributed by atoms with van der Waals surface area (Å²) in [7, 11) is 1.74. The Balaban J connectivity index is 0.00000114. The summed E-state index contributed by atoms with van der Waals surface area (Å²) in [6, 6.07) is 9.28. The van der Waals surface area contributed by atoms with E-state index in [1.807, 2.05) is 6.07 Å². The number of carbonyl (C=O) groups is 3. The number of nitrogens with zero attached hydrogens (tertiary/aromatic N) is 3. The van der Waals surface area contributed by atoms with Crippen LogP contribution in [-0.4, -0.2) is 65.2 Å². The van der Waals surface area contributed by atoms with Crippen LogP contribution < -0.4 is 5.32 Å². The lowest BCUT2D eigenvalue weighted by Gasteiger charge is -2.35. The van der Waals surface area contributed by atoms with Crippen molar-refractivity contribution in [3.63, 3.8) is 0 Å². The summed E-state index contributed by atoms with van der Waals surface area (Å²) in [5, 5.41) is 18.8. The zero-order chi connectivity index (χ0) is 23.5. The first-order valence-electron chi connectivity index (χ1n) is 9.93. The predicted molar refractivity (Wildman–Crippen MR) is 112 cm³/mol. The molecule has 1 aromatic heterocycles. The van der Waals surface area contributed by atoms with Crippen molar-refractivity contribution in [2.75, 3.05) is 26.3 Å². The Bertz CT molecular complexity index is 968. The average molecular weight is 444 g/mol. The smallest absolute Gasteiger partial charge is 0.290 e. The third kappa shape index (κ3) is 6.92. The Morgan fingerprint density at radius 3 is 2.69 bits per heavy atom. The summed E-state index contributed by atoms with van der Waals surface area (Å²) in [5.41, 5.74) is 1.63. The molecule has 0 aliphatic carbocycles. The molecule has 3 rings (SSSR count). The summed E-state index contributed by atoms with van der Waals surface area (Å²) < 4.78 is 20.1. The van der Waals surface area contributed by atoms with Gasteiger partial charge in [-0.15, -0.1) is 0 Å². The number of halogens is 1. The van der Waals surface area contributed by atoms with E-state index < -0.39 is 0 Å². The number of ether oxygens (including phenoxy) is 1. The van der Waals surface area contributed by atoms with Crippen LogP contribution >= 0.6 is 0 Å². The summed E-state index contributed by atoms with van der Waals surface area (Å²) in [6.45, 7) is 1.46. The molecule has 1 saturated heterocycles. The molecule has 9 nitrogen and oxygen atoms in total. The minimum Gasteiger partial charge on any atom is -0.483 e. The Labute approximate surface area is 185 Å². The summed E-state index contributed by atoms with van der Waals surface area (Å²) in [6.07, 6.45) is 2.35. The van der Waals surface area contributed by atoms with E-state index in [-0.39, 0.29) is 36.6 Å². The predicted octanol–water partition coefficient (Wildman–Crippen LogP) is 1.33. The summed E-state index contributed by atoms with van der Waals surface area (Å²) >= 11 is 0. The van der Waals surface area contributed by atoms with Crippen LogP contribution in [0.15, 0.2) is 36.5 Å². The molecule has 2 N–H and O–H groups in total. The highest BCUT2D eigenvalue weighted by Gasteiger charge is 2.29. The van der Waals surface area contributed by atoms with Crippen molar-refractivity contribution in [2.45, 2.75) is 18.9 Å². The lowest BCUT2D eigenvalue weighted by Crippen LogP contribution is -2.50. The topological polar surface area (TPSA) is 125 Å². The quantitative estimate of drug-likeness (QED) is 0.648. The zero-order valence-corrected chi connectivity index (χ0v) is 17.7. The van der Waals surface area contributed by atoms with Gasteiger partial charge < -0.3 is 24.6 Å². The molecule has 2 aromatic rings. The van der Waals surface area contributed by atoms with Crippen molar-refractivity contribution in [1.82, 2.24) is 14.8 Å². The number of benzene rings is 1. The van der Waals surface area contributed by atoms with E-state index >= 15 is 0 Å². The van der Waals surface area contributed by atoms with Gasteiger partial charge in [0.2, 0.25) is 5.91 Å². The van der Waals surface area contributed by atoms with Gasteiger partial charge in [0.25, 0.3) is 12.4 Å². The average Bonchev–Trinajstić information content (AvgIpc) is 3.16. The fourth-order valence-corrected chi connectivity index (χ4v) is 3.38. The molecule has 1 aliphatic rings. The standard InChI is InChI=1S/C21H23FN4O3.CH2O2/c1-25-13-16(12-23)10-19(25)21(28)26-8-9-29-14-18(26)6-7-24-20(27)11-15-2-4-17(22)5-3-15;2-1-3/h2-5,10,13,18H,6-9,11,14H2,1H3,(H,24,27);1H,(H,2,3). The Morgan fingerprint density at radius 2 is 2.06 bits per heavy atom. The first-order chi connectivity index (χ1) is 15.4. The van der Waals surface area contributed by atoms with Crippen LogP contribution in [0.3, 0.4) is 0 Å². The van der Waals surface area contributed by atoms with Crippen LogP contribution in [0.25, 0.3) is 0 Å². The highest BCUT2D eigenvalue weighted by molar-refractivity contribution is 5.93. The largest absolute Gasteiger partial charge is 0.483 e. The molecule has 170 valence electrons. The van der Waals surface area contributed by atoms with Gasteiger partial charge in [-0.25, -0.2) is 4.39 Å². The van der Waals surface area contributed by atoms with Gasteiger partial charge in [-0.05, 0) is 30.2 Å². The van der Waals surface area contributed by atoms with E-state index in [1.54, 1.807) is 40.9 Å². The molecule has 0 bridgehead atoms. The molecule has 0 saturated carbocycles. The minimum absolute atomic E-state index is 0.153. The molecule has 1 unspecified atom stereocenters. The lowest BCUT2D eigenvalue weighted by atomic mass is 10.1. The molecule has 1 aromatic carbocycles. The van der Waals surface area contributed by atoms with Gasteiger partial charge in [0.1, 0.15) is 17.6 Å². The van der Waals surface area contributed by atoms with Gasteiger partial charge in [0.15, 0.2) is 0 Å². The van der Waals surface area contributed by atoms with E-state index in [4.69, 9.17) is 19.9 Å². The highest BCUT2D eigenvalue weighted by Crippen LogP contribution is 2.16. The normalized spacial score (nSPS) is 15.2. The van der Waals surface area contributed by atoms with Gasteiger partial charge in [0, 0.05) is 26.3 Å². The molecular weight excluding hydrogens is 419 g/mol. The summed E-state index contributed by atoms with van der Waals surface area (Å²) in [5.74, 6) is -0.649. The second-order valence-corrected chi connectivity index (χ2v) is 7.11. The first kappa shape index (κ1) is 24.6. The lowest BCUT2D eigenvalue weighted by molar-refractivity contribution is -0.123. The molecule has 0 spiro atoms. The fraction of sp³-hybridized carbons (Fsp3) is 0.364. The maximum absolute atomic E-state index is 12.9. The van der Waals surface area contributed by atoms with Gasteiger partial charge in [0.05, 0.1) is 31.2 Å². The third-order valence-electron chi connectivity index (χ3n) is 4.92. The van der Waals surface area contributed by atoms with Crippen LogP contribution in [0.5, 0.6) is 0 Å². The molecule has 2 amide bonds. The van der Waals surface area contributed by atoms with Crippen molar-refractivity contribution in [3.8, 4) is 6.07 Å². The molecule has 10 heteroatoms. The molecule has 1 fully saturated rings. The number of aromatic nitrogens is 1. The number of aryl methyl sites for hydroxylation is 1. The Kier molecular flexibility index (Phi) is 9.38. The van der Waals surface area contributed by atoms with Crippen molar-refractivity contribution in [2.24, 2.45) is 7.05 Å². The third-order valence-corrected chi connectivity index (χ3v) is 4.92. The van der Waals surface area contributed by atoms with E-state index in [1.165, 1.54) is 12.1 Å². The van der Waals surface area contributed by atoms with Gasteiger partial charge in [-0.1, -0.05) is 12.1 Å². The Hall–Kier alpha value is -3.71. The zero-order valence-electron chi connectivity index (χ0n) is 17.7. The number of nitrogens with one attached hydrogen (secondary N) is 1. The van der Waals surface area contributed by atoms with E-state index in [9.17, 15) is 14.0 Å². The van der Waals surface area contributed by atoms with Crippen molar-refractivity contribution < 1.29 is 28.6 Å². The maximum atomic E-state index is 12.9. The second kappa shape index (κ2) is 12.2. The van der Waals surface area contributed by atoms with Gasteiger partial charge in [-0.3, -0.25) is 14.4 Å². The number of hydrogen-bond acceptors (Lipinski definition) is 5. The number of rotatable bonds is 6. The Morgan fingerprint density at radius 1 is 1.38 bits per heavy atom. The van der Waals surface area contributed by atoms with Crippen LogP contribution in [-0.2, 0) is 27.8 Å². The molecule has 2 heterocycles. The number of amides is 2. The monoisotopic (exact) mass is 444 g/mol. The molecule has 1 atom stereocenters. The fourth-order valence-electron chi connectivity index (χ4n) is 3.38. The van der Waals surface area contributed by atoms with Gasteiger partial charge >= 0.3 is 0 Å². The summed E-state index contributed by atoms with van der Waals surface area (Å²) in [4.78, 5) is 35.2. The van der Waals surface area contributed by atoms with Crippen molar-refractivity contribution in [1.29, 1.82) is 5.26 Å². The minimum atomic E-state index is -0.337. The second-order valence-electron chi connectivity index (χ2n) is 7.11.